The molecule has 1 saturated heterocycles. The summed E-state index contributed by atoms with van der Waals surface area (Å²) in [4.78, 5) is 25.6. The Labute approximate surface area is 233 Å². The summed E-state index contributed by atoms with van der Waals surface area (Å²) in [5.74, 6) is 3.97. The van der Waals surface area contributed by atoms with Crippen molar-refractivity contribution in [2.45, 2.75) is 44.8 Å². The van der Waals surface area contributed by atoms with E-state index < -0.39 is 9.84 Å². The lowest BCUT2D eigenvalue weighted by Gasteiger charge is -2.52. The van der Waals surface area contributed by atoms with Crippen LogP contribution in [-0.4, -0.2) is 70.0 Å². The van der Waals surface area contributed by atoms with Crippen molar-refractivity contribution in [2.24, 2.45) is 23.7 Å². The molecule has 40 heavy (non-hydrogen) atoms. The minimum Gasteiger partial charge on any atom is -0.494 e. The minimum absolute atomic E-state index is 0.0319. The minimum atomic E-state index is -3.24. The Kier molecular flexibility index (Phi) is 5.22. The highest BCUT2D eigenvalue weighted by atomic mass is 32.2. The quantitative estimate of drug-likeness (QED) is 0.324. The number of carbonyl (C=O) groups is 1. The molecule has 1 aliphatic heterocycles. The van der Waals surface area contributed by atoms with Crippen LogP contribution in [0.5, 0.6) is 5.75 Å². The Bertz CT molecular complexity index is 1800. The average molecular weight is 560 g/mol. The second kappa shape index (κ2) is 8.55. The van der Waals surface area contributed by atoms with Crippen LogP contribution in [0.1, 0.15) is 36.0 Å². The number of aromatic nitrogens is 4. The molecule has 0 N–H and O–H groups in total. The van der Waals surface area contributed by atoms with Crippen molar-refractivity contribution in [3.63, 3.8) is 0 Å². The lowest BCUT2D eigenvalue weighted by atomic mass is 9.53. The maximum Gasteiger partial charge on any atom is 0.254 e. The molecule has 8 rings (SSSR count). The number of carbonyl (C=O) groups excluding carboxylic acids is 1. The molecule has 0 radical (unpaired) electrons. The Balaban J connectivity index is 1.28. The molecule has 208 valence electrons. The third kappa shape index (κ3) is 3.71. The van der Waals surface area contributed by atoms with Crippen molar-refractivity contribution in [3.05, 3.63) is 42.1 Å². The van der Waals surface area contributed by atoms with Gasteiger partial charge in [-0.1, -0.05) is 0 Å². The van der Waals surface area contributed by atoms with Gasteiger partial charge in [-0.25, -0.2) is 18.4 Å². The fourth-order valence-electron chi connectivity index (χ4n) is 7.56. The number of methoxy groups -OCH3 is 1. The van der Waals surface area contributed by atoms with E-state index in [1.807, 2.05) is 28.8 Å². The first kappa shape index (κ1) is 24.4. The summed E-state index contributed by atoms with van der Waals surface area (Å²) in [6.07, 6.45) is 7.81. The number of pyridine rings is 1. The van der Waals surface area contributed by atoms with Gasteiger partial charge in [-0.15, -0.1) is 0 Å². The van der Waals surface area contributed by atoms with Crippen LogP contribution in [0.15, 0.2) is 36.5 Å². The average Bonchev–Trinajstić information content (AvgIpc) is 3.56. The lowest BCUT2D eigenvalue weighted by Crippen LogP contribution is -2.53. The zero-order valence-electron chi connectivity index (χ0n) is 22.8. The van der Waals surface area contributed by atoms with Crippen molar-refractivity contribution >= 4 is 37.8 Å². The largest absolute Gasteiger partial charge is 0.494 e. The first-order valence-electron chi connectivity index (χ1n) is 14.3. The van der Waals surface area contributed by atoms with Crippen LogP contribution in [0.3, 0.4) is 0 Å². The van der Waals surface area contributed by atoms with E-state index in [9.17, 15) is 13.2 Å². The number of fused-ring (bicyclic) bond motifs is 2. The highest BCUT2D eigenvalue weighted by molar-refractivity contribution is 7.90. The number of imidazole rings is 1. The summed E-state index contributed by atoms with van der Waals surface area (Å²) in [5.41, 5.74) is 3.72. The molecular weight excluding hydrogens is 526 g/mol. The van der Waals surface area contributed by atoms with Gasteiger partial charge in [0.15, 0.2) is 5.82 Å². The first-order valence-corrected chi connectivity index (χ1v) is 16.4. The maximum absolute atomic E-state index is 13.8. The van der Waals surface area contributed by atoms with E-state index in [1.165, 1.54) is 25.5 Å². The van der Waals surface area contributed by atoms with E-state index in [0.717, 1.165) is 42.2 Å². The van der Waals surface area contributed by atoms with Crippen LogP contribution < -0.4 is 4.74 Å². The van der Waals surface area contributed by atoms with E-state index in [0.29, 0.717) is 52.0 Å². The number of amides is 1. The first-order chi connectivity index (χ1) is 19.3. The highest BCUT2D eigenvalue weighted by Crippen LogP contribution is 2.60. The molecule has 9 nitrogen and oxygen atoms in total. The molecule has 3 aromatic heterocycles. The van der Waals surface area contributed by atoms with Crippen molar-refractivity contribution < 1.29 is 17.9 Å². The van der Waals surface area contributed by atoms with Gasteiger partial charge >= 0.3 is 0 Å². The van der Waals surface area contributed by atoms with E-state index in [4.69, 9.17) is 9.72 Å². The molecule has 4 aromatic rings. The summed E-state index contributed by atoms with van der Waals surface area (Å²) in [6.45, 7) is 1.91. The van der Waals surface area contributed by atoms with E-state index >= 15 is 0 Å². The normalized spacial score (nSPS) is 25.2. The van der Waals surface area contributed by atoms with Crippen molar-refractivity contribution in [2.75, 3.05) is 25.7 Å². The predicted molar refractivity (Wildman–Crippen MR) is 152 cm³/mol. The third-order valence-corrected chi connectivity index (χ3v) is 10.7. The predicted octanol–water partition coefficient (Wildman–Crippen LogP) is 4.00. The van der Waals surface area contributed by atoms with Gasteiger partial charge in [0.2, 0.25) is 0 Å². The summed E-state index contributed by atoms with van der Waals surface area (Å²) in [5, 5.41) is 1.02. The van der Waals surface area contributed by atoms with Gasteiger partial charge in [-0.3, -0.25) is 4.79 Å². The Morgan fingerprint density at radius 2 is 1.98 bits per heavy atom. The zero-order chi connectivity index (χ0) is 27.3. The Morgan fingerprint density at radius 1 is 1.12 bits per heavy atom. The molecule has 4 atom stereocenters. The molecule has 10 heteroatoms. The van der Waals surface area contributed by atoms with Gasteiger partial charge in [0, 0.05) is 49.1 Å². The second-order valence-corrected chi connectivity index (χ2v) is 14.6. The molecular formula is C30H33N5O4S. The van der Waals surface area contributed by atoms with Crippen LogP contribution in [0.4, 0.5) is 0 Å². The van der Waals surface area contributed by atoms with Crippen molar-refractivity contribution in [1.29, 1.82) is 0 Å². The number of sulfone groups is 1. The molecule has 0 spiro atoms. The third-order valence-electron chi connectivity index (χ3n) is 9.76. The number of hydrogen-bond donors (Lipinski definition) is 0. The van der Waals surface area contributed by atoms with Crippen LogP contribution in [-0.2, 0) is 22.9 Å². The number of aryl methyl sites for hydroxylation is 1. The van der Waals surface area contributed by atoms with Gasteiger partial charge in [-0.2, -0.15) is 0 Å². The molecule has 1 aromatic carbocycles. The van der Waals surface area contributed by atoms with Gasteiger partial charge in [-0.05, 0) is 79.7 Å². The standard InChI is InChI=1S/C30H33N5O4S/c1-39-25-14-20(30(36)35-16-21-10-19-13-23(35)26(19)21)11-22-27(25)33(8-9-40(2,37)38)29(32-22)24-12-18-4-3-7-31-28(18)34(24)15-17-5-6-17/h3-4,7,11-12,14,17,19,21,23,26H,5-6,8-10,13,15-16H2,1-2H3/t19?,21-,23-,26-/m1/s1. The fourth-order valence-corrected chi connectivity index (χ4v) is 8.07. The van der Waals surface area contributed by atoms with E-state index in [2.05, 4.69) is 20.5 Å². The highest BCUT2D eigenvalue weighted by Gasteiger charge is 2.61. The molecule has 3 aliphatic carbocycles. The second-order valence-electron chi connectivity index (χ2n) is 12.4. The van der Waals surface area contributed by atoms with Gasteiger partial charge < -0.3 is 18.8 Å². The smallest absolute Gasteiger partial charge is 0.254 e. The molecule has 1 amide bonds. The van der Waals surface area contributed by atoms with Crippen LogP contribution in [0, 0.1) is 23.7 Å². The van der Waals surface area contributed by atoms with E-state index in [1.54, 1.807) is 13.3 Å². The molecule has 3 saturated carbocycles. The SMILES string of the molecule is COc1cc(C(=O)N2C[C@H]3CC4C[C@@H]2[C@H]43)cc2nc(-c3cc4cccnc4n3CC3CC3)n(CCS(C)(=O)=O)c12. The van der Waals surface area contributed by atoms with Crippen LogP contribution in [0.25, 0.3) is 33.6 Å². The van der Waals surface area contributed by atoms with Crippen LogP contribution >= 0.6 is 0 Å². The lowest BCUT2D eigenvalue weighted by molar-refractivity contribution is -0.0204. The number of rotatable bonds is 8. The Morgan fingerprint density at radius 3 is 2.70 bits per heavy atom. The molecule has 1 unspecified atom stereocenters. The molecule has 4 aliphatic rings. The molecule has 4 fully saturated rings. The van der Waals surface area contributed by atoms with Gasteiger partial charge in [0.1, 0.15) is 26.8 Å². The summed E-state index contributed by atoms with van der Waals surface area (Å²) in [6, 6.07) is 10.1. The number of ether oxygens (including phenoxy) is 1. The fraction of sp³-hybridized carbons (Fsp3) is 0.500. The number of likely N-dealkylation sites (tertiary alicyclic amines) is 1. The summed E-state index contributed by atoms with van der Waals surface area (Å²) < 4.78 is 34.6. The van der Waals surface area contributed by atoms with Crippen molar-refractivity contribution in [1.82, 2.24) is 24.0 Å². The van der Waals surface area contributed by atoms with Crippen LogP contribution in [0.2, 0.25) is 0 Å². The zero-order valence-corrected chi connectivity index (χ0v) is 23.6. The maximum atomic E-state index is 13.8. The van der Waals surface area contributed by atoms with Crippen molar-refractivity contribution in [3.8, 4) is 17.3 Å². The van der Waals surface area contributed by atoms with Gasteiger partial charge in [0.25, 0.3) is 5.91 Å². The van der Waals surface area contributed by atoms with E-state index in [-0.39, 0.29) is 18.2 Å². The number of benzene rings is 1. The number of hydrogen-bond acceptors (Lipinski definition) is 6. The Hall–Kier alpha value is -3.40. The number of nitrogens with zero attached hydrogens (tertiary/aromatic N) is 5. The van der Waals surface area contributed by atoms with Gasteiger partial charge in [0.05, 0.1) is 24.1 Å². The molecule has 0 bridgehead atoms. The summed E-state index contributed by atoms with van der Waals surface area (Å²) in [7, 11) is -1.64. The summed E-state index contributed by atoms with van der Waals surface area (Å²) >= 11 is 0. The molecule has 4 heterocycles. The monoisotopic (exact) mass is 559 g/mol. The topological polar surface area (TPSA) is 99.3 Å².